The van der Waals surface area contributed by atoms with Crippen LogP contribution in [0.1, 0.15) is 38.5 Å². The fourth-order valence-electron chi connectivity index (χ4n) is 2.63. The minimum absolute atomic E-state index is 0.198. The largest absolute Gasteiger partial charge is 0.504 e. The van der Waals surface area contributed by atoms with E-state index in [0.717, 1.165) is 18.2 Å². The molecule has 0 spiro atoms. The molecule has 1 aliphatic rings. The lowest BCUT2D eigenvalue weighted by Gasteiger charge is -2.16. The summed E-state index contributed by atoms with van der Waals surface area (Å²) in [4.78, 5) is 0. The number of nitrogens with one attached hydrogen (secondary N) is 1. The van der Waals surface area contributed by atoms with Gasteiger partial charge in [-0.2, -0.15) is 0 Å². The molecule has 1 fully saturated rings. The van der Waals surface area contributed by atoms with Gasteiger partial charge >= 0.3 is 0 Å². The van der Waals surface area contributed by atoms with Crippen LogP contribution in [0, 0.1) is 5.92 Å². The van der Waals surface area contributed by atoms with E-state index in [-0.39, 0.29) is 5.75 Å². The van der Waals surface area contributed by atoms with Crippen LogP contribution in [0.25, 0.3) is 0 Å². The van der Waals surface area contributed by atoms with E-state index in [9.17, 15) is 5.11 Å². The SMILES string of the molecule is COc1ccc(NCC2CCCCCC2)cc1O. The van der Waals surface area contributed by atoms with Crippen molar-refractivity contribution in [1.82, 2.24) is 0 Å². The third-order valence-corrected chi connectivity index (χ3v) is 3.75. The highest BCUT2D eigenvalue weighted by atomic mass is 16.5. The van der Waals surface area contributed by atoms with Gasteiger partial charge in [0.05, 0.1) is 7.11 Å². The van der Waals surface area contributed by atoms with Crippen LogP contribution in [-0.4, -0.2) is 18.8 Å². The molecular formula is C15H23NO2. The fourth-order valence-corrected chi connectivity index (χ4v) is 2.63. The Balaban J connectivity index is 1.87. The van der Waals surface area contributed by atoms with E-state index in [2.05, 4.69) is 5.32 Å². The number of phenols is 1. The van der Waals surface area contributed by atoms with Gasteiger partial charge in [0.15, 0.2) is 11.5 Å². The van der Waals surface area contributed by atoms with Gasteiger partial charge in [0.2, 0.25) is 0 Å². The average Bonchev–Trinajstić information content (AvgIpc) is 2.65. The number of hydrogen-bond acceptors (Lipinski definition) is 3. The van der Waals surface area contributed by atoms with Gasteiger partial charge in [-0.25, -0.2) is 0 Å². The van der Waals surface area contributed by atoms with Crippen LogP contribution >= 0.6 is 0 Å². The summed E-state index contributed by atoms with van der Waals surface area (Å²) in [6.45, 7) is 1.01. The summed E-state index contributed by atoms with van der Waals surface area (Å²) in [6, 6.07) is 5.48. The van der Waals surface area contributed by atoms with Crippen LogP contribution in [0.2, 0.25) is 0 Å². The summed E-state index contributed by atoms with van der Waals surface area (Å²) >= 11 is 0. The van der Waals surface area contributed by atoms with Gasteiger partial charge in [0.1, 0.15) is 0 Å². The Morgan fingerprint density at radius 3 is 2.56 bits per heavy atom. The average molecular weight is 249 g/mol. The standard InChI is InChI=1S/C15H23NO2/c1-18-15-9-8-13(10-14(15)17)16-11-12-6-4-2-3-5-7-12/h8-10,12,16-17H,2-7,11H2,1H3. The van der Waals surface area contributed by atoms with Crippen molar-refractivity contribution in [3.63, 3.8) is 0 Å². The Morgan fingerprint density at radius 1 is 1.22 bits per heavy atom. The molecule has 2 N–H and O–H groups in total. The first-order valence-electron chi connectivity index (χ1n) is 6.90. The molecule has 0 saturated heterocycles. The molecule has 1 aromatic carbocycles. The number of anilines is 1. The highest BCUT2D eigenvalue weighted by molar-refractivity contribution is 5.54. The van der Waals surface area contributed by atoms with Crippen molar-refractivity contribution >= 4 is 5.69 Å². The van der Waals surface area contributed by atoms with Crippen molar-refractivity contribution < 1.29 is 9.84 Å². The van der Waals surface area contributed by atoms with Crippen LogP contribution < -0.4 is 10.1 Å². The molecule has 100 valence electrons. The van der Waals surface area contributed by atoms with Crippen molar-refractivity contribution in [2.24, 2.45) is 5.92 Å². The summed E-state index contributed by atoms with van der Waals surface area (Å²) in [6.07, 6.45) is 8.16. The van der Waals surface area contributed by atoms with Gasteiger partial charge in [-0.1, -0.05) is 25.7 Å². The molecule has 3 heteroatoms. The molecule has 0 radical (unpaired) electrons. The number of ether oxygens (including phenoxy) is 1. The van der Waals surface area contributed by atoms with Crippen molar-refractivity contribution in [2.75, 3.05) is 19.0 Å². The zero-order valence-electron chi connectivity index (χ0n) is 11.1. The van der Waals surface area contributed by atoms with Crippen LogP contribution in [0.5, 0.6) is 11.5 Å². The maximum Gasteiger partial charge on any atom is 0.160 e. The molecular weight excluding hydrogens is 226 g/mol. The number of rotatable bonds is 4. The van der Waals surface area contributed by atoms with Gasteiger partial charge in [0.25, 0.3) is 0 Å². The first kappa shape index (κ1) is 13.1. The van der Waals surface area contributed by atoms with Crippen molar-refractivity contribution in [3.8, 4) is 11.5 Å². The summed E-state index contributed by atoms with van der Waals surface area (Å²) < 4.78 is 5.03. The van der Waals surface area contributed by atoms with Gasteiger partial charge < -0.3 is 15.2 Å². The second kappa shape index (κ2) is 6.53. The third-order valence-electron chi connectivity index (χ3n) is 3.75. The maximum atomic E-state index is 9.71. The lowest BCUT2D eigenvalue weighted by Crippen LogP contribution is -2.13. The van der Waals surface area contributed by atoms with Crippen molar-refractivity contribution in [1.29, 1.82) is 0 Å². The first-order valence-corrected chi connectivity index (χ1v) is 6.90. The second-order valence-electron chi connectivity index (χ2n) is 5.13. The molecule has 1 saturated carbocycles. The summed E-state index contributed by atoms with van der Waals surface area (Å²) in [7, 11) is 1.56. The molecule has 0 bridgehead atoms. The van der Waals surface area contributed by atoms with Crippen LogP contribution in [0.4, 0.5) is 5.69 Å². The van der Waals surface area contributed by atoms with Crippen molar-refractivity contribution in [3.05, 3.63) is 18.2 Å². The number of hydrogen-bond donors (Lipinski definition) is 2. The highest BCUT2D eigenvalue weighted by Gasteiger charge is 2.12. The molecule has 1 aliphatic carbocycles. The van der Waals surface area contributed by atoms with E-state index in [1.807, 2.05) is 6.07 Å². The topological polar surface area (TPSA) is 41.5 Å². The van der Waals surface area contributed by atoms with E-state index in [1.165, 1.54) is 38.5 Å². The minimum atomic E-state index is 0.198. The predicted molar refractivity (Wildman–Crippen MR) is 74.3 cm³/mol. The molecule has 0 unspecified atom stereocenters. The summed E-state index contributed by atoms with van der Waals surface area (Å²) in [5.74, 6) is 1.50. The maximum absolute atomic E-state index is 9.71. The smallest absolute Gasteiger partial charge is 0.160 e. The lowest BCUT2D eigenvalue weighted by molar-refractivity contribution is 0.373. The quantitative estimate of drug-likeness (QED) is 0.798. The monoisotopic (exact) mass is 249 g/mol. The van der Waals surface area contributed by atoms with Gasteiger partial charge in [0, 0.05) is 18.3 Å². The summed E-state index contributed by atoms with van der Waals surface area (Å²) in [5, 5.41) is 13.1. The normalized spacial score (nSPS) is 17.2. The summed E-state index contributed by atoms with van der Waals surface area (Å²) in [5.41, 5.74) is 0.970. The minimum Gasteiger partial charge on any atom is -0.504 e. The third kappa shape index (κ3) is 3.56. The molecule has 1 aromatic rings. The Labute approximate surface area is 109 Å². The fraction of sp³-hybridized carbons (Fsp3) is 0.600. The first-order chi connectivity index (χ1) is 8.79. The molecule has 2 rings (SSSR count). The molecule has 0 heterocycles. The van der Waals surface area contributed by atoms with E-state index < -0.39 is 0 Å². The van der Waals surface area contributed by atoms with Crippen molar-refractivity contribution in [2.45, 2.75) is 38.5 Å². The number of benzene rings is 1. The Hall–Kier alpha value is -1.38. The Bertz CT molecular complexity index is 371. The van der Waals surface area contributed by atoms with Crippen LogP contribution in [0.3, 0.4) is 0 Å². The van der Waals surface area contributed by atoms with E-state index in [1.54, 1.807) is 19.2 Å². The van der Waals surface area contributed by atoms with Gasteiger partial charge in [-0.15, -0.1) is 0 Å². The van der Waals surface area contributed by atoms with Gasteiger partial charge in [-0.05, 0) is 30.9 Å². The second-order valence-corrected chi connectivity index (χ2v) is 5.13. The molecule has 3 nitrogen and oxygen atoms in total. The number of aromatic hydroxyl groups is 1. The van der Waals surface area contributed by atoms with Crippen LogP contribution in [0.15, 0.2) is 18.2 Å². The zero-order valence-corrected chi connectivity index (χ0v) is 11.1. The van der Waals surface area contributed by atoms with E-state index in [0.29, 0.717) is 5.75 Å². The lowest BCUT2D eigenvalue weighted by atomic mass is 10.0. The highest BCUT2D eigenvalue weighted by Crippen LogP contribution is 2.29. The molecule has 0 aliphatic heterocycles. The molecule has 0 atom stereocenters. The van der Waals surface area contributed by atoms with E-state index >= 15 is 0 Å². The molecule has 0 aromatic heterocycles. The molecule has 0 amide bonds. The Morgan fingerprint density at radius 2 is 1.94 bits per heavy atom. The number of phenolic OH excluding ortho intramolecular Hbond substituents is 1. The Kier molecular flexibility index (Phi) is 4.73. The zero-order chi connectivity index (χ0) is 12.8. The number of methoxy groups -OCH3 is 1. The predicted octanol–water partition coefficient (Wildman–Crippen LogP) is 3.78. The van der Waals surface area contributed by atoms with Crippen LogP contribution in [-0.2, 0) is 0 Å². The van der Waals surface area contributed by atoms with Gasteiger partial charge in [-0.3, -0.25) is 0 Å². The molecule has 18 heavy (non-hydrogen) atoms. The van der Waals surface area contributed by atoms with E-state index in [4.69, 9.17) is 4.74 Å².